The third-order valence-corrected chi connectivity index (χ3v) is 5.69. The lowest BCUT2D eigenvalue weighted by molar-refractivity contribution is 0.176. The van der Waals surface area contributed by atoms with Gasteiger partial charge in [-0.15, -0.1) is 11.3 Å². The molecule has 26 heavy (non-hydrogen) atoms. The van der Waals surface area contributed by atoms with Gasteiger partial charge in [0.25, 0.3) is 0 Å². The number of piperidine rings is 1. The third kappa shape index (κ3) is 5.75. The number of carbonyl (C=O) groups is 1. The smallest absolute Gasteiger partial charge is 0.315 e. The summed E-state index contributed by atoms with van der Waals surface area (Å²) in [6.45, 7) is 4.55. The molecule has 2 amide bonds. The van der Waals surface area contributed by atoms with Crippen LogP contribution in [-0.4, -0.2) is 37.7 Å². The van der Waals surface area contributed by atoms with Crippen LogP contribution in [0.5, 0.6) is 5.75 Å². The van der Waals surface area contributed by atoms with Crippen LogP contribution in [0, 0.1) is 5.92 Å². The first kappa shape index (κ1) is 18.7. The summed E-state index contributed by atoms with van der Waals surface area (Å²) in [5.41, 5.74) is 1.06. The largest absolute Gasteiger partial charge is 0.497 e. The number of ether oxygens (including phenoxy) is 1. The number of likely N-dealkylation sites (tertiary alicyclic amines) is 1. The SMILES string of the molecule is COc1ccc(CNC(=O)NCC2CCN(Cc3cccs3)CC2)cc1. The number of hydrogen-bond acceptors (Lipinski definition) is 4. The molecule has 5 nitrogen and oxygen atoms in total. The maximum Gasteiger partial charge on any atom is 0.315 e. The van der Waals surface area contributed by atoms with Gasteiger partial charge >= 0.3 is 6.03 Å². The zero-order valence-electron chi connectivity index (χ0n) is 15.2. The van der Waals surface area contributed by atoms with Crippen molar-refractivity contribution in [3.63, 3.8) is 0 Å². The fourth-order valence-corrected chi connectivity index (χ4v) is 3.94. The summed E-state index contributed by atoms with van der Waals surface area (Å²) < 4.78 is 5.13. The number of carbonyl (C=O) groups excluding carboxylic acids is 1. The number of thiophene rings is 1. The second-order valence-corrected chi connectivity index (χ2v) is 7.74. The molecule has 1 aliphatic heterocycles. The molecule has 1 saturated heterocycles. The van der Waals surface area contributed by atoms with Gasteiger partial charge in [0.1, 0.15) is 5.75 Å². The van der Waals surface area contributed by atoms with E-state index in [1.807, 2.05) is 35.6 Å². The summed E-state index contributed by atoms with van der Waals surface area (Å²) in [5, 5.41) is 8.06. The van der Waals surface area contributed by atoms with E-state index in [1.165, 1.54) is 4.88 Å². The van der Waals surface area contributed by atoms with Crippen molar-refractivity contribution in [1.29, 1.82) is 0 Å². The summed E-state index contributed by atoms with van der Waals surface area (Å²) in [6.07, 6.45) is 2.29. The molecule has 1 fully saturated rings. The van der Waals surface area contributed by atoms with Crippen LogP contribution in [0.4, 0.5) is 4.79 Å². The Kier molecular flexibility index (Phi) is 6.91. The molecule has 0 bridgehead atoms. The Bertz CT molecular complexity index is 665. The van der Waals surface area contributed by atoms with Crippen molar-refractivity contribution in [2.24, 2.45) is 5.92 Å². The molecule has 1 aromatic carbocycles. The molecule has 2 aromatic rings. The molecule has 0 saturated carbocycles. The molecule has 3 rings (SSSR count). The summed E-state index contributed by atoms with van der Waals surface area (Å²) in [7, 11) is 1.65. The highest BCUT2D eigenvalue weighted by Crippen LogP contribution is 2.20. The maximum atomic E-state index is 12.0. The first-order chi connectivity index (χ1) is 12.7. The van der Waals surface area contributed by atoms with Gasteiger partial charge in [-0.1, -0.05) is 18.2 Å². The number of amides is 2. The van der Waals surface area contributed by atoms with Crippen molar-refractivity contribution >= 4 is 17.4 Å². The predicted molar refractivity (Wildman–Crippen MR) is 106 cm³/mol. The number of nitrogens with one attached hydrogen (secondary N) is 2. The first-order valence-corrected chi connectivity index (χ1v) is 10.0. The van der Waals surface area contributed by atoms with Crippen LogP contribution in [-0.2, 0) is 13.1 Å². The number of methoxy groups -OCH3 is 1. The van der Waals surface area contributed by atoms with E-state index in [-0.39, 0.29) is 6.03 Å². The molecule has 0 atom stereocenters. The summed E-state index contributed by atoms with van der Waals surface area (Å²) in [4.78, 5) is 15.9. The molecular formula is C20H27N3O2S. The summed E-state index contributed by atoms with van der Waals surface area (Å²) in [6, 6.07) is 11.9. The number of nitrogens with zero attached hydrogens (tertiary/aromatic N) is 1. The molecule has 0 radical (unpaired) electrons. The van der Waals surface area contributed by atoms with Crippen molar-refractivity contribution in [1.82, 2.24) is 15.5 Å². The van der Waals surface area contributed by atoms with E-state index in [0.29, 0.717) is 12.5 Å². The molecule has 1 aromatic heterocycles. The summed E-state index contributed by atoms with van der Waals surface area (Å²) in [5.74, 6) is 1.39. The Labute approximate surface area is 159 Å². The minimum absolute atomic E-state index is 0.0955. The minimum atomic E-state index is -0.0955. The number of rotatable bonds is 7. The average molecular weight is 374 g/mol. The van der Waals surface area contributed by atoms with Crippen molar-refractivity contribution in [3.05, 3.63) is 52.2 Å². The highest BCUT2D eigenvalue weighted by molar-refractivity contribution is 7.09. The van der Waals surface area contributed by atoms with Crippen LogP contribution in [0.1, 0.15) is 23.3 Å². The van der Waals surface area contributed by atoms with Crippen molar-refractivity contribution in [3.8, 4) is 5.75 Å². The predicted octanol–water partition coefficient (Wildman–Crippen LogP) is 3.47. The van der Waals surface area contributed by atoms with Crippen LogP contribution >= 0.6 is 11.3 Å². The zero-order chi connectivity index (χ0) is 18.2. The Hall–Kier alpha value is -2.05. The van der Waals surface area contributed by atoms with Crippen LogP contribution in [0.25, 0.3) is 0 Å². The van der Waals surface area contributed by atoms with Crippen molar-refractivity contribution in [2.45, 2.75) is 25.9 Å². The van der Waals surface area contributed by atoms with Crippen LogP contribution in [0.2, 0.25) is 0 Å². The van der Waals surface area contributed by atoms with Gasteiger partial charge in [-0.3, -0.25) is 4.90 Å². The molecule has 0 spiro atoms. The minimum Gasteiger partial charge on any atom is -0.497 e. The Balaban J connectivity index is 1.31. The highest BCUT2D eigenvalue weighted by atomic mass is 32.1. The molecule has 1 aliphatic rings. The van der Waals surface area contributed by atoms with Gasteiger partial charge in [0.2, 0.25) is 0 Å². The fourth-order valence-electron chi connectivity index (χ4n) is 3.20. The number of benzene rings is 1. The zero-order valence-corrected chi connectivity index (χ0v) is 16.1. The van der Waals surface area contributed by atoms with Crippen molar-refractivity contribution < 1.29 is 9.53 Å². The lowest BCUT2D eigenvalue weighted by atomic mass is 9.97. The second kappa shape index (κ2) is 9.59. The summed E-state index contributed by atoms with van der Waals surface area (Å²) >= 11 is 1.82. The number of urea groups is 1. The van der Waals surface area contributed by atoms with Crippen LogP contribution < -0.4 is 15.4 Å². The van der Waals surface area contributed by atoms with E-state index in [1.54, 1.807) is 7.11 Å². The van der Waals surface area contributed by atoms with E-state index in [9.17, 15) is 4.79 Å². The van der Waals surface area contributed by atoms with Gasteiger partial charge in [-0.05, 0) is 61.0 Å². The number of hydrogen-bond donors (Lipinski definition) is 2. The maximum absolute atomic E-state index is 12.0. The van der Waals surface area contributed by atoms with E-state index < -0.39 is 0 Å². The third-order valence-electron chi connectivity index (χ3n) is 4.83. The first-order valence-electron chi connectivity index (χ1n) is 9.12. The highest BCUT2D eigenvalue weighted by Gasteiger charge is 2.19. The van der Waals surface area contributed by atoms with Crippen LogP contribution in [0.15, 0.2) is 41.8 Å². The van der Waals surface area contributed by atoms with Gasteiger partial charge in [0.15, 0.2) is 0 Å². The topological polar surface area (TPSA) is 53.6 Å². The quantitative estimate of drug-likeness (QED) is 0.781. The molecular weight excluding hydrogens is 346 g/mol. The van der Waals surface area contributed by atoms with E-state index >= 15 is 0 Å². The second-order valence-electron chi connectivity index (χ2n) is 6.71. The lowest BCUT2D eigenvalue weighted by Gasteiger charge is -2.31. The van der Waals surface area contributed by atoms with Gasteiger partial charge in [-0.2, -0.15) is 0 Å². The molecule has 2 heterocycles. The normalized spacial score (nSPS) is 15.6. The van der Waals surface area contributed by atoms with Gasteiger partial charge in [0.05, 0.1) is 7.11 Å². The average Bonchev–Trinajstić information content (AvgIpc) is 3.19. The molecule has 6 heteroatoms. The Morgan fingerprint density at radius 3 is 2.62 bits per heavy atom. The monoisotopic (exact) mass is 373 g/mol. The fraction of sp³-hybridized carbons (Fsp3) is 0.450. The van der Waals surface area contributed by atoms with E-state index in [0.717, 1.165) is 50.3 Å². The molecule has 0 aliphatic carbocycles. The van der Waals surface area contributed by atoms with Gasteiger partial charge in [-0.25, -0.2) is 4.79 Å². The molecule has 2 N–H and O–H groups in total. The Morgan fingerprint density at radius 2 is 1.96 bits per heavy atom. The van der Waals surface area contributed by atoms with Crippen molar-refractivity contribution in [2.75, 3.05) is 26.7 Å². The van der Waals surface area contributed by atoms with Gasteiger partial charge in [0, 0.05) is 24.5 Å². The molecule has 140 valence electrons. The standard InChI is InChI=1S/C20H27N3O2S/c1-25-18-6-4-16(5-7-18)13-21-20(24)22-14-17-8-10-23(11-9-17)15-19-3-2-12-26-19/h2-7,12,17H,8-11,13-15H2,1H3,(H2,21,22,24). The lowest BCUT2D eigenvalue weighted by Crippen LogP contribution is -2.41. The molecule has 0 unspecified atom stereocenters. The van der Waals surface area contributed by atoms with Gasteiger partial charge < -0.3 is 15.4 Å². The van der Waals surface area contributed by atoms with Crippen LogP contribution in [0.3, 0.4) is 0 Å². The van der Waals surface area contributed by atoms with E-state index in [4.69, 9.17) is 4.74 Å². The Morgan fingerprint density at radius 1 is 1.19 bits per heavy atom. The van der Waals surface area contributed by atoms with E-state index in [2.05, 4.69) is 33.0 Å².